The Labute approximate surface area is 132 Å². The van der Waals surface area contributed by atoms with Crippen LogP contribution < -0.4 is 11.1 Å². The lowest BCUT2D eigenvalue weighted by molar-refractivity contribution is 1.00. The Kier molecular flexibility index (Phi) is 3.16. The Morgan fingerprint density at radius 1 is 1.13 bits per heavy atom. The molecule has 0 fully saturated rings. The molecule has 7 heteroatoms. The fourth-order valence-corrected chi connectivity index (χ4v) is 2.55. The topological polar surface area (TPSA) is 108 Å². The van der Waals surface area contributed by atoms with Gasteiger partial charge in [0.15, 0.2) is 0 Å². The number of aromatic nitrogens is 5. The van der Waals surface area contributed by atoms with Crippen LogP contribution in [0.2, 0.25) is 0 Å². The van der Waals surface area contributed by atoms with Crippen LogP contribution in [0.25, 0.3) is 22.2 Å². The molecule has 0 saturated carbocycles. The Morgan fingerprint density at radius 2 is 2.09 bits per heavy atom. The lowest BCUT2D eigenvalue weighted by Gasteiger charge is -2.10. The fourth-order valence-electron chi connectivity index (χ4n) is 2.55. The summed E-state index contributed by atoms with van der Waals surface area (Å²) in [7, 11) is 0. The normalized spacial score (nSPS) is 11.0. The van der Waals surface area contributed by atoms with E-state index in [9.17, 15) is 0 Å². The third-order valence-corrected chi connectivity index (χ3v) is 3.64. The molecule has 0 radical (unpaired) electrons. The first-order chi connectivity index (χ1) is 11.3. The molecule has 23 heavy (non-hydrogen) atoms. The van der Waals surface area contributed by atoms with Crippen molar-refractivity contribution in [3.05, 3.63) is 54.7 Å². The third kappa shape index (κ3) is 2.59. The first-order valence-electron chi connectivity index (χ1n) is 7.22. The van der Waals surface area contributed by atoms with E-state index in [4.69, 9.17) is 5.73 Å². The Morgan fingerprint density at radius 3 is 2.87 bits per heavy atom. The largest absolute Gasteiger partial charge is 0.384 e. The molecule has 5 N–H and O–H groups in total. The summed E-state index contributed by atoms with van der Waals surface area (Å²) in [5.41, 5.74) is 9.67. The number of nitrogens with zero attached hydrogens (tertiary/aromatic N) is 3. The number of anilines is 2. The second kappa shape index (κ2) is 5.45. The fraction of sp³-hybridized carbons (Fsp3) is 0.0625. The van der Waals surface area contributed by atoms with Crippen LogP contribution in [-0.2, 0) is 6.54 Å². The number of nitrogens with two attached hydrogens (primary N) is 1. The van der Waals surface area contributed by atoms with E-state index in [2.05, 4.69) is 30.5 Å². The van der Waals surface area contributed by atoms with Gasteiger partial charge < -0.3 is 16.0 Å². The monoisotopic (exact) mass is 305 g/mol. The highest BCUT2D eigenvalue weighted by Crippen LogP contribution is 2.28. The summed E-state index contributed by atoms with van der Waals surface area (Å²) in [6, 6.07) is 9.82. The maximum Gasteiger partial charge on any atom is 0.126 e. The number of aromatic amines is 2. The number of hydrogen-bond donors (Lipinski definition) is 4. The maximum absolute atomic E-state index is 5.95. The van der Waals surface area contributed by atoms with E-state index in [0.29, 0.717) is 12.4 Å². The van der Waals surface area contributed by atoms with Gasteiger partial charge in [0.05, 0.1) is 17.8 Å². The van der Waals surface area contributed by atoms with E-state index in [1.807, 2.05) is 30.3 Å². The summed E-state index contributed by atoms with van der Waals surface area (Å²) in [5, 5.41) is 11.3. The van der Waals surface area contributed by atoms with E-state index < -0.39 is 0 Å². The molecule has 0 bridgehead atoms. The number of nitrogens with one attached hydrogen (secondary N) is 3. The Bertz CT molecular complexity index is 927. The lowest BCUT2D eigenvalue weighted by Crippen LogP contribution is -2.03. The maximum atomic E-state index is 5.95. The van der Waals surface area contributed by atoms with Crippen LogP contribution in [-0.4, -0.2) is 25.1 Å². The number of hydrogen-bond acceptors (Lipinski definition) is 5. The predicted octanol–water partition coefficient (Wildman–Crippen LogP) is 2.54. The van der Waals surface area contributed by atoms with Gasteiger partial charge in [-0.05, 0) is 12.1 Å². The van der Waals surface area contributed by atoms with Crippen LogP contribution in [0, 0.1) is 0 Å². The minimum atomic E-state index is 0.473. The van der Waals surface area contributed by atoms with E-state index >= 15 is 0 Å². The molecule has 7 nitrogen and oxygen atoms in total. The molecule has 0 unspecified atom stereocenters. The molecule has 1 aromatic carbocycles. The molecule has 0 amide bonds. The van der Waals surface area contributed by atoms with E-state index in [-0.39, 0.29) is 0 Å². The van der Waals surface area contributed by atoms with E-state index in [1.165, 1.54) is 0 Å². The van der Waals surface area contributed by atoms with Gasteiger partial charge in [-0.15, -0.1) is 0 Å². The average molecular weight is 305 g/mol. The lowest BCUT2D eigenvalue weighted by atomic mass is 10.1. The molecule has 0 aliphatic rings. The standard InChI is InChI=1S/C16H15N7/c17-15-8-13(20-9-16-18-5-6-19-16)11-2-1-10(7-14(11)22-15)12-3-4-21-23-12/h1-8H,9H2,(H,18,19)(H,21,23)(H3,17,20,22). The van der Waals surface area contributed by atoms with E-state index in [0.717, 1.165) is 33.7 Å². The van der Waals surface area contributed by atoms with E-state index in [1.54, 1.807) is 18.6 Å². The van der Waals surface area contributed by atoms with Crippen molar-refractivity contribution in [1.29, 1.82) is 0 Å². The zero-order chi connectivity index (χ0) is 15.6. The van der Waals surface area contributed by atoms with Crippen LogP contribution in [0.1, 0.15) is 5.82 Å². The molecule has 0 saturated heterocycles. The summed E-state index contributed by atoms with van der Waals surface area (Å²) in [4.78, 5) is 11.7. The summed E-state index contributed by atoms with van der Waals surface area (Å²) in [5.74, 6) is 1.34. The average Bonchev–Trinajstić information content (AvgIpc) is 3.25. The van der Waals surface area contributed by atoms with Crippen molar-refractivity contribution in [1.82, 2.24) is 25.1 Å². The number of benzene rings is 1. The zero-order valence-corrected chi connectivity index (χ0v) is 12.2. The number of imidazole rings is 1. The molecular weight excluding hydrogens is 290 g/mol. The number of rotatable bonds is 4. The highest BCUT2D eigenvalue weighted by atomic mass is 15.1. The van der Waals surface area contributed by atoms with Crippen molar-refractivity contribution >= 4 is 22.4 Å². The third-order valence-electron chi connectivity index (χ3n) is 3.64. The molecule has 0 spiro atoms. The Balaban J connectivity index is 1.73. The van der Waals surface area contributed by atoms with Crippen LogP contribution >= 0.6 is 0 Å². The smallest absolute Gasteiger partial charge is 0.126 e. The molecule has 0 atom stereocenters. The highest BCUT2D eigenvalue weighted by molar-refractivity contribution is 5.95. The van der Waals surface area contributed by atoms with Gasteiger partial charge in [-0.2, -0.15) is 5.10 Å². The van der Waals surface area contributed by atoms with Crippen molar-refractivity contribution in [3.8, 4) is 11.3 Å². The molecule has 4 rings (SSSR count). The Hall–Kier alpha value is -3.35. The van der Waals surface area contributed by atoms with Crippen LogP contribution in [0.3, 0.4) is 0 Å². The number of H-pyrrole nitrogens is 2. The summed E-state index contributed by atoms with van der Waals surface area (Å²) >= 11 is 0. The summed E-state index contributed by atoms with van der Waals surface area (Å²) in [6.07, 6.45) is 5.25. The molecule has 4 aromatic rings. The summed E-state index contributed by atoms with van der Waals surface area (Å²) in [6.45, 7) is 0.591. The molecule has 0 aliphatic carbocycles. The first kappa shape index (κ1) is 13.3. The van der Waals surface area contributed by atoms with Crippen LogP contribution in [0.15, 0.2) is 48.9 Å². The summed E-state index contributed by atoms with van der Waals surface area (Å²) < 4.78 is 0. The highest BCUT2D eigenvalue weighted by Gasteiger charge is 2.07. The minimum Gasteiger partial charge on any atom is -0.384 e. The number of pyridine rings is 1. The van der Waals surface area contributed by atoms with Gasteiger partial charge in [-0.25, -0.2) is 9.97 Å². The van der Waals surface area contributed by atoms with Gasteiger partial charge in [0, 0.05) is 41.3 Å². The second-order valence-corrected chi connectivity index (χ2v) is 5.19. The molecule has 114 valence electrons. The van der Waals surface area contributed by atoms with Gasteiger partial charge in [0.1, 0.15) is 11.6 Å². The molecule has 3 heterocycles. The van der Waals surface area contributed by atoms with Gasteiger partial charge in [0.2, 0.25) is 0 Å². The van der Waals surface area contributed by atoms with Crippen LogP contribution in [0.4, 0.5) is 11.5 Å². The first-order valence-corrected chi connectivity index (χ1v) is 7.22. The van der Waals surface area contributed by atoms with Crippen molar-refractivity contribution in [2.45, 2.75) is 6.54 Å². The quantitative estimate of drug-likeness (QED) is 0.463. The van der Waals surface area contributed by atoms with Gasteiger partial charge in [-0.3, -0.25) is 5.10 Å². The van der Waals surface area contributed by atoms with Crippen molar-refractivity contribution in [3.63, 3.8) is 0 Å². The van der Waals surface area contributed by atoms with Gasteiger partial charge in [0.25, 0.3) is 0 Å². The molecular formula is C16H15N7. The SMILES string of the molecule is Nc1cc(NCc2ncc[nH]2)c2ccc(-c3ccn[nH]3)cc2n1. The van der Waals surface area contributed by atoms with Gasteiger partial charge >= 0.3 is 0 Å². The minimum absolute atomic E-state index is 0.473. The second-order valence-electron chi connectivity index (χ2n) is 5.19. The van der Waals surface area contributed by atoms with Crippen LogP contribution in [0.5, 0.6) is 0 Å². The molecule has 0 aliphatic heterocycles. The predicted molar refractivity (Wildman–Crippen MR) is 89.7 cm³/mol. The number of fused-ring (bicyclic) bond motifs is 1. The molecule has 3 aromatic heterocycles. The van der Waals surface area contributed by atoms with Crippen molar-refractivity contribution in [2.24, 2.45) is 0 Å². The van der Waals surface area contributed by atoms with Crippen molar-refractivity contribution < 1.29 is 0 Å². The zero-order valence-electron chi connectivity index (χ0n) is 12.2. The number of nitrogen functional groups attached to an aromatic ring is 1. The van der Waals surface area contributed by atoms with Gasteiger partial charge in [-0.1, -0.05) is 12.1 Å². The van der Waals surface area contributed by atoms with Crippen molar-refractivity contribution in [2.75, 3.05) is 11.1 Å².